The van der Waals surface area contributed by atoms with Crippen LogP contribution in [0.15, 0.2) is 59.8 Å². The lowest BCUT2D eigenvalue weighted by Gasteiger charge is -2.21. The van der Waals surface area contributed by atoms with Gasteiger partial charge >= 0.3 is 18.0 Å². The first-order chi connectivity index (χ1) is 15.4. The second-order valence-corrected chi connectivity index (χ2v) is 7.00. The lowest BCUT2D eigenvalue weighted by Crippen LogP contribution is -2.45. The number of urea groups is 1. The fourth-order valence-electron chi connectivity index (χ4n) is 2.85. The Labute approximate surface area is 188 Å². The van der Waals surface area contributed by atoms with E-state index < -0.39 is 23.9 Å². The molecule has 2 aromatic carbocycles. The molecule has 0 atom stereocenters. The third kappa shape index (κ3) is 5.64. The summed E-state index contributed by atoms with van der Waals surface area (Å²) in [5.74, 6) is -1.80. The van der Waals surface area contributed by atoms with Crippen LogP contribution in [0.4, 0.5) is 10.5 Å². The summed E-state index contributed by atoms with van der Waals surface area (Å²) in [5.41, 5.74) is 0.991. The van der Waals surface area contributed by atoms with Crippen molar-refractivity contribution in [3.8, 4) is 0 Å². The van der Waals surface area contributed by atoms with Crippen LogP contribution < -0.4 is 16.0 Å². The predicted octanol–water partition coefficient (Wildman–Crippen LogP) is 2.88. The van der Waals surface area contributed by atoms with E-state index in [0.717, 1.165) is 0 Å². The maximum Gasteiger partial charge on any atom is 0.340 e. The van der Waals surface area contributed by atoms with E-state index in [1.54, 1.807) is 49.4 Å². The van der Waals surface area contributed by atoms with Crippen molar-refractivity contribution in [1.29, 1.82) is 0 Å². The highest BCUT2D eigenvalue weighted by Crippen LogP contribution is 2.19. The number of carbonyl (C=O) groups excluding carboxylic acids is 4. The SMILES string of the molecule is CCOC(=O)C1=C(COC(=O)c2ccccc2NC(=O)c2ccc(Cl)cc2)NC(=O)NC1. The molecule has 3 N–H and O–H groups in total. The molecular weight excluding hydrogens is 438 g/mol. The fourth-order valence-corrected chi connectivity index (χ4v) is 2.98. The van der Waals surface area contributed by atoms with E-state index >= 15 is 0 Å². The van der Waals surface area contributed by atoms with E-state index in [0.29, 0.717) is 10.6 Å². The molecular formula is C22H20ClN3O6. The van der Waals surface area contributed by atoms with Crippen molar-refractivity contribution in [1.82, 2.24) is 10.6 Å². The van der Waals surface area contributed by atoms with Gasteiger partial charge in [-0.1, -0.05) is 23.7 Å². The van der Waals surface area contributed by atoms with Crippen molar-refractivity contribution >= 4 is 41.2 Å². The fraction of sp³-hybridized carbons (Fsp3) is 0.182. The Bertz CT molecular complexity index is 1080. The van der Waals surface area contributed by atoms with Gasteiger partial charge in [0.05, 0.1) is 35.7 Å². The van der Waals surface area contributed by atoms with Crippen molar-refractivity contribution in [3.63, 3.8) is 0 Å². The van der Waals surface area contributed by atoms with Gasteiger partial charge in [0.2, 0.25) is 0 Å². The van der Waals surface area contributed by atoms with E-state index in [1.807, 2.05) is 0 Å². The Morgan fingerprint density at radius 3 is 2.47 bits per heavy atom. The van der Waals surface area contributed by atoms with E-state index in [-0.39, 0.29) is 42.3 Å². The van der Waals surface area contributed by atoms with Gasteiger partial charge in [0.25, 0.3) is 5.91 Å². The van der Waals surface area contributed by atoms with Crippen LogP contribution in [-0.2, 0) is 14.3 Å². The molecule has 0 spiro atoms. The summed E-state index contributed by atoms with van der Waals surface area (Å²) in [6.07, 6.45) is 0. The number of rotatable bonds is 7. The van der Waals surface area contributed by atoms with Crippen molar-refractivity contribution < 1.29 is 28.7 Å². The topological polar surface area (TPSA) is 123 Å². The first-order valence-electron chi connectivity index (χ1n) is 9.66. The molecule has 9 nitrogen and oxygen atoms in total. The number of benzene rings is 2. The second kappa shape index (κ2) is 10.5. The number of amides is 3. The van der Waals surface area contributed by atoms with E-state index in [9.17, 15) is 19.2 Å². The quantitative estimate of drug-likeness (QED) is 0.549. The zero-order chi connectivity index (χ0) is 23.1. The van der Waals surface area contributed by atoms with Crippen LogP contribution in [0.3, 0.4) is 0 Å². The molecule has 0 saturated carbocycles. The lowest BCUT2D eigenvalue weighted by atomic mass is 10.1. The van der Waals surface area contributed by atoms with Gasteiger partial charge in [-0.2, -0.15) is 0 Å². The van der Waals surface area contributed by atoms with Crippen LogP contribution in [0.25, 0.3) is 0 Å². The predicted molar refractivity (Wildman–Crippen MR) is 116 cm³/mol. The number of carbonyl (C=O) groups is 4. The van der Waals surface area contributed by atoms with Crippen LogP contribution >= 0.6 is 11.6 Å². The monoisotopic (exact) mass is 457 g/mol. The molecule has 0 radical (unpaired) electrons. The molecule has 0 saturated heterocycles. The van der Waals surface area contributed by atoms with Crippen molar-refractivity contribution in [3.05, 3.63) is 76.0 Å². The highest BCUT2D eigenvalue weighted by Gasteiger charge is 2.25. The molecule has 166 valence electrons. The summed E-state index contributed by atoms with van der Waals surface area (Å²) in [7, 11) is 0. The Hall–Kier alpha value is -3.85. The number of nitrogens with one attached hydrogen (secondary N) is 3. The summed E-state index contributed by atoms with van der Waals surface area (Å²) in [4.78, 5) is 48.9. The number of para-hydroxylation sites is 1. The Balaban J connectivity index is 1.74. The van der Waals surface area contributed by atoms with Gasteiger partial charge in [0.1, 0.15) is 6.61 Å². The summed E-state index contributed by atoms with van der Waals surface area (Å²) < 4.78 is 10.3. The Morgan fingerprint density at radius 1 is 1.03 bits per heavy atom. The van der Waals surface area contributed by atoms with Gasteiger partial charge < -0.3 is 25.4 Å². The molecule has 32 heavy (non-hydrogen) atoms. The average molecular weight is 458 g/mol. The van der Waals surface area contributed by atoms with Crippen LogP contribution in [0.2, 0.25) is 5.02 Å². The molecule has 0 aliphatic carbocycles. The van der Waals surface area contributed by atoms with Crippen LogP contribution in [0.1, 0.15) is 27.6 Å². The Morgan fingerprint density at radius 2 is 1.75 bits per heavy atom. The van der Waals surface area contributed by atoms with Gasteiger partial charge in [-0.25, -0.2) is 14.4 Å². The molecule has 2 aromatic rings. The molecule has 1 aliphatic rings. The maximum atomic E-state index is 12.7. The van der Waals surface area contributed by atoms with E-state index in [2.05, 4.69) is 16.0 Å². The van der Waals surface area contributed by atoms with E-state index in [1.165, 1.54) is 6.07 Å². The standard InChI is InChI=1S/C22H20ClN3O6/c1-2-31-21(29)16-11-24-22(30)26-18(16)12-32-20(28)15-5-3-4-6-17(15)25-19(27)13-7-9-14(23)10-8-13/h3-10H,2,11-12H2,1H3,(H,25,27)(H2,24,26,30). The maximum absolute atomic E-state index is 12.7. The smallest absolute Gasteiger partial charge is 0.340 e. The molecule has 0 bridgehead atoms. The van der Waals surface area contributed by atoms with Gasteiger partial charge in [-0.15, -0.1) is 0 Å². The van der Waals surface area contributed by atoms with Gasteiger partial charge in [-0.3, -0.25) is 4.79 Å². The van der Waals surface area contributed by atoms with Crippen molar-refractivity contribution in [2.75, 3.05) is 25.1 Å². The molecule has 0 unspecified atom stereocenters. The number of halogens is 1. The van der Waals surface area contributed by atoms with Crippen LogP contribution in [0.5, 0.6) is 0 Å². The normalized spacial score (nSPS) is 13.0. The van der Waals surface area contributed by atoms with Crippen LogP contribution in [-0.4, -0.2) is 43.6 Å². The van der Waals surface area contributed by atoms with Crippen molar-refractivity contribution in [2.24, 2.45) is 0 Å². The summed E-state index contributed by atoms with van der Waals surface area (Å²) in [6, 6.07) is 12.1. The zero-order valence-corrected chi connectivity index (χ0v) is 17.8. The Kier molecular flexibility index (Phi) is 7.45. The zero-order valence-electron chi connectivity index (χ0n) is 17.1. The van der Waals surface area contributed by atoms with Gasteiger partial charge in [0, 0.05) is 10.6 Å². The minimum Gasteiger partial charge on any atom is -0.463 e. The van der Waals surface area contributed by atoms with E-state index in [4.69, 9.17) is 21.1 Å². The highest BCUT2D eigenvalue weighted by molar-refractivity contribution is 6.30. The molecule has 0 aromatic heterocycles. The van der Waals surface area contributed by atoms with Crippen LogP contribution in [0, 0.1) is 0 Å². The highest BCUT2D eigenvalue weighted by atomic mass is 35.5. The summed E-state index contributed by atoms with van der Waals surface area (Å²) >= 11 is 5.84. The second-order valence-electron chi connectivity index (χ2n) is 6.57. The first-order valence-corrected chi connectivity index (χ1v) is 10.0. The van der Waals surface area contributed by atoms with Gasteiger partial charge in [-0.05, 0) is 43.3 Å². The number of anilines is 1. The minimum atomic E-state index is -0.750. The van der Waals surface area contributed by atoms with Gasteiger partial charge in [0.15, 0.2) is 0 Å². The molecule has 0 fully saturated rings. The minimum absolute atomic E-state index is 0.0503. The molecule has 3 amide bonds. The number of hydrogen-bond donors (Lipinski definition) is 3. The third-order valence-electron chi connectivity index (χ3n) is 4.43. The molecule has 1 heterocycles. The number of esters is 2. The first kappa shape index (κ1) is 22.8. The number of ether oxygens (including phenoxy) is 2. The third-order valence-corrected chi connectivity index (χ3v) is 4.68. The molecule has 3 rings (SSSR count). The lowest BCUT2D eigenvalue weighted by molar-refractivity contribution is -0.138. The average Bonchev–Trinajstić information content (AvgIpc) is 2.78. The van der Waals surface area contributed by atoms with Crippen molar-refractivity contribution in [2.45, 2.75) is 6.92 Å². The number of hydrogen-bond acceptors (Lipinski definition) is 6. The largest absolute Gasteiger partial charge is 0.463 e. The summed E-state index contributed by atoms with van der Waals surface area (Å²) in [6.45, 7) is 1.40. The molecule has 10 heteroatoms. The summed E-state index contributed by atoms with van der Waals surface area (Å²) in [5, 5.41) is 8.08. The molecule has 1 aliphatic heterocycles.